The highest BCUT2D eigenvalue weighted by atomic mass is 79.9. The molecule has 0 radical (unpaired) electrons. The van der Waals surface area contributed by atoms with Crippen molar-refractivity contribution >= 4 is 21.8 Å². The zero-order valence-electron chi connectivity index (χ0n) is 18.1. The van der Waals surface area contributed by atoms with Crippen LogP contribution in [-0.4, -0.2) is 65.7 Å². The van der Waals surface area contributed by atoms with Crippen LogP contribution in [0.2, 0.25) is 0 Å². The maximum Gasteiger partial charge on any atom is 0.233 e. The third kappa shape index (κ3) is 4.56. The Labute approximate surface area is 188 Å². The third-order valence-electron chi connectivity index (χ3n) is 7.45. The first-order valence-electron chi connectivity index (χ1n) is 11.6. The Hall–Kier alpha value is -1.11. The number of hydrogen-bond donors (Lipinski definition) is 1. The lowest BCUT2D eigenvalue weighted by Gasteiger charge is -2.43. The molecule has 6 heteroatoms. The monoisotopic (exact) mass is 478 g/mol. The summed E-state index contributed by atoms with van der Waals surface area (Å²) in [6.45, 7) is 4.01. The lowest BCUT2D eigenvalue weighted by Crippen LogP contribution is -2.52. The molecule has 3 aliphatic rings. The van der Waals surface area contributed by atoms with Crippen molar-refractivity contribution in [2.24, 2.45) is 0 Å². The summed E-state index contributed by atoms with van der Waals surface area (Å²) < 4.78 is 6.20. The van der Waals surface area contributed by atoms with Crippen LogP contribution in [-0.2, 0) is 4.79 Å². The van der Waals surface area contributed by atoms with Crippen molar-refractivity contribution in [3.05, 3.63) is 28.2 Å². The van der Waals surface area contributed by atoms with E-state index in [0.717, 1.165) is 61.0 Å². The third-order valence-corrected chi connectivity index (χ3v) is 8.07. The fourth-order valence-electron chi connectivity index (χ4n) is 5.74. The molecule has 0 spiro atoms. The fourth-order valence-corrected chi connectivity index (χ4v) is 6.30. The molecule has 1 aromatic rings. The van der Waals surface area contributed by atoms with Gasteiger partial charge >= 0.3 is 0 Å². The van der Waals surface area contributed by atoms with Gasteiger partial charge in [-0.2, -0.15) is 0 Å². The summed E-state index contributed by atoms with van der Waals surface area (Å²) in [4.78, 5) is 18.4. The van der Waals surface area contributed by atoms with E-state index in [1.54, 1.807) is 7.11 Å². The van der Waals surface area contributed by atoms with Crippen molar-refractivity contribution in [2.45, 2.75) is 75.3 Å². The molecule has 5 nitrogen and oxygen atoms in total. The second-order valence-corrected chi connectivity index (χ2v) is 10.1. The lowest BCUT2D eigenvalue weighted by atomic mass is 9.72. The van der Waals surface area contributed by atoms with E-state index in [0.29, 0.717) is 18.9 Å². The first-order chi connectivity index (χ1) is 14.5. The van der Waals surface area contributed by atoms with E-state index in [-0.39, 0.29) is 5.91 Å². The number of benzene rings is 1. The predicted molar refractivity (Wildman–Crippen MR) is 122 cm³/mol. The molecule has 2 heterocycles. The van der Waals surface area contributed by atoms with Crippen LogP contribution in [0.5, 0.6) is 5.75 Å². The van der Waals surface area contributed by atoms with Crippen LogP contribution in [0.3, 0.4) is 0 Å². The molecule has 1 unspecified atom stereocenters. The molecule has 0 bridgehead atoms. The van der Waals surface area contributed by atoms with E-state index in [1.807, 2.05) is 23.1 Å². The molecule has 1 aromatic carbocycles. The van der Waals surface area contributed by atoms with Crippen molar-refractivity contribution < 1.29 is 14.6 Å². The summed E-state index contributed by atoms with van der Waals surface area (Å²) in [6.07, 6.45) is 9.18. The average Bonchev–Trinajstić information content (AvgIpc) is 3.29. The number of halogens is 1. The number of hydrogen-bond acceptors (Lipinski definition) is 4. The van der Waals surface area contributed by atoms with Gasteiger partial charge in [0.2, 0.25) is 5.91 Å². The highest BCUT2D eigenvalue weighted by molar-refractivity contribution is 9.10. The molecule has 166 valence electrons. The van der Waals surface area contributed by atoms with Crippen LogP contribution in [0.1, 0.15) is 69.3 Å². The minimum atomic E-state index is -0.963. The molecule has 0 aromatic heterocycles. The molecule has 1 N–H and O–H groups in total. The lowest BCUT2D eigenvalue weighted by molar-refractivity contribution is -0.143. The molecular formula is C24H35BrN2O3. The Morgan fingerprint density at radius 2 is 1.77 bits per heavy atom. The molecule has 30 heavy (non-hydrogen) atoms. The number of nitrogens with zero attached hydrogens (tertiary/aromatic N) is 2. The van der Waals surface area contributed by atoms with Crippen molar-refractivity contribution in [3.8, 4) is 5.75 Å². The summed E-state index contributed by atoms with van der Waals surface area (Å²) in [5.74, 6) is 0.326. The van der Waals surface area contributed by atoms with Crippen LogP contribution >= 0.6 is 15.9 Å². The van der Waals surface area contributed by atoms with Crippen molar-refractivity contribution in [2.75, 3.05) is 33.3 Å². The minimum absolute atomic E-state index is 0.0938. The van der Waals surface area contributed by atoms with Crippen LogP contribution < -0.4 is 4.74 Å². The summed E-state index contributed by atoms with van der Waals surface area (Å²) in [5.41, 5.74) is -0.0754. The number of aliphatic hydroxyl groups is 1. The van der Waals surface area contributed by atoms with Gasteiger partial charge in [-0.15, -0.1) is 0 Å². The zero-order chi connectivity index (χ0) is 21.1. The number of methoxy groups -OCH3 is 1. The molecule has 3 fully saturated rings. The topological polar surface area (TPSA) is 53.0 Å². The van der Waals surface area contributed by atoms with Gasteiger partial charge in [0, 0.05) is 19.1 Å². The van der Waals surface area contributed by atoms with Crippen LogP contribution in [0.25, 0.3) is 0 Å². The zero-order valence-corrected chi connectivity index (χ0v) is 19.7. The summed E-state index contributed by atoms with van der Waals surface area (Å²) >= 11 is 3.57. The summed E-state index contributed by atoms with van der Waals surface area (Å²) in [6, 6.07) is 6.43. The van der Waals surface area contributed by atoms with Crippen molar-refractivity contribution in [3.63, 3.8) is 0 Å². The molecule has 1 atom stereocenters. The average molecular weight is 479 g/mol. The number of carbonyl (C=O) groups excluding carboxylic acids is 1. The number of ether oxygens (including phenoxy) is 1. The van der Waals surface area contributed by atoms with E-state index in [2.05, 4.69) is 20.8 Å². The van der Waals surface area contributed by atoms with E-state index >= 15 is 0 Å². The number of piperidine rings is 1. The maximum absolute atomic E-state index is 13.8. The molecular weight excluding hydrogens is 444 g/mol. The first-order valence-corrected chi connectivity index (χ1v) is 12.4. The normalized spacial score (nSPS) is 24.0. The second kappa shape index (κ2) is 9.58. The van der Waals surface area contributed by atoms with E-state index in [9.17, 15) is 9.90 Å². The van der Waals surface area contributed by atoms with Gasteiger partial charge in [-0.05, 0) is 85.2 Å². The van der Waals surface area contributed by atoms with Gasteiger partial charge in [-0.25, -0.2) is 0 Å². The van der Waals surface area contributed by atoms with Crippen molar-refractivity contribution in [1.29, 1.82) is 0 Å². The van der Waals surface area contributed by atoms with E-state index in [4.69, 9.17) is 4.74 Å². The largest absolute Gasteiger partial charge is 0.496 e. The number of carbonyl (C=O) groups is 1. The standard InChI is InChI=1S/C24H35BrN2O3/c1-30-21-8-7-18(17-20(21)25)22(24(29)11-3-2-4-12-24)23(28)27-15-9-19(10-16-27)26-13-5-6-14-26/h7-8,17,19,22,29H,2-6,9-16H2,1H3. The Balaban J connectivity index is 1.55. The van der Waals surface area contributed by atoms with Gasteiger partial charge in [-0.3, -0.25) is 4.79 Å². The predicted octanol–water partition coefficient (Wildman–Crippen LogP) is 4.32. The Bertz CT molecular complexity index is 736. The van der Waals surface area contributed by atoms with Gasteiger partial charge < -0.3 is 19.6 Å². The molecule has 1 saturated carbocycles. The van der Waals surface area contributed by atoms with E-state index in [1.165, 1.54) is 25.9 Å². The van der Waals surface area contributed by atoms with Crippen LogP contribution in [0, 0.1) is 0 Å². The number of amides is 1. The molecule has 1 aliphatic carbocycles. The van der Waals surface area contributed by atoms with Gasteiger partial charge in [-0.1, -0.05) is 25.3 Å². The number of rotatable bonds is 5. The fraction of sp³-hybridized carbons (Fsp3) is 0.708. The Morgan fingerprint density at radius 1 is 1.10 bits per heavy atom. The minimum Gasteiger partial charge on any atom is -0.496 e. The van der Waals surface area contributed by atoms with Crippen LogP contribution in [0.4, 0.5) is 0 Å². The Morgan fingerprint density at radius 3 is 2.37 bits per heavy atom. The van der Waals surface area contributed by atoms with Crippen molar-refractivity contribution in [1.82, 2.24) is 9.80 Å². The van der Waals surface area contributed by atoms with Gasteiger partial charge in [0.15, 0.2) is 0 Å². The number of likely N-dealkylation sites (tertiary alicyclic amines) is 2. The summed E-state index contributed by atoms with van der Waals surface area (Å²) in [7, 11) is 1.64. The van der Waals surface area contributed by atoms with Crippen LogP contribution in [0.15, 0.2) is 22.7 Å². The summed E-state index contributed by atoms with van der Waals surface area (Å²) in [5, 5.41) is 11.6. The Kier molecular flexibility index (Phi) is 7.05. The van der Waals surface area contributed by atoms with E-state index < -0.39 is 11.5 Å². The molecule has 4 rings (SSSR count). The first kappa shape index (κ1) is 22.1. The SMILES string of the molecule is COc1ccc(C(C(=O)N2CCC(N3CCCC3)CC2)C2(O)CCCCC2)cc1Br. The molecule has 2 aliphatic heterocycles. The van der Waals surface area contributed by atoms with Gasteiger partial charge in [0.05, 0.1) is 23.1 Å². The smallest absolute Gasteiger partial charge is 0.233 e. The van der Waals surface area contributed by atoms with Gasteiger partial charge in [0.25, 0.3) is 0 Å². The quantitative estimate of drug-likeness (QED) is 0.684. The molecule has 2 saturated heterocycles. The second-order valence-electron chi connectivity index (χ2n) is 9.29. The highest BCUT2D eigenvalue weighted by Crippen LogP contribution is 2.43. The highest BCUT2D eigenvalue weighted by Gasteiger charge is 2.45. The molecule has 1 amide bonds. The maximum atomic E-state index is 13.8. The van der Waals surface area contributed by atoms with Gasteiger partial charge in [0.1, 0.15) is 5.75 Å².